The average Bonchev–Trinajstić information content (AvgIpc) is 3.22. The van der Waals surface area contributed by atoms with Gasteiger partial charge in [-0.1, -0.05) is 59.8 Å². The standard InChI is InChI=1S/C20H20N2O2/c23-20(21-17-11-15-8-4-5-9-16(15)12-17)19-13-18(22-24-19)10-14-6-2-1-3-7-14/h1-9,17,19H,10-13H2,(H,21,23). The zero-order valence-electron chi connectivity index (χ0n) is 13.4. The number of benzene rings is 2. The van der Waals surface area contributed by atoms with Crippen molar-refractivity contribution in [1.82, 2.24) is 5.32 Å². The summed E-state index contributed by atoms with van der Waals surface area (Å²) in [5.41, 5.74) is 4.77. The molecule has 4 rings (SSSR count). The number of carbonyl (C=O) groups excluding carboxylic acids is 1. The fourth-order valence-electron chi connectivity index (χ4n) is 3.46. The molecule has 1 N–H and O–H groups in total. The first kappa shape index (κ1) is 14.9. The van der Waals surface area contributed by atoms with Crippen LogP contribution in [0.5, 0.6) is 0 Å². The third-order valence-corrected chi connectivity index (χ3v) is 4.67. The van der Waals surface area contributed by atoms with Crippen molar-refractivity contribution in [3.05, 3.63) is 71.3 Å². The molecule has 24 heavy (non-hydrogen) atoms. The second kappa shape index (κ2) is 6.48. The zero-order chi connectivity index (χ0) is 16.4. The monoisotopic (exact) mass is 320 g/mol. The van der Waals surface area contributed by atoms with Gasteiger partial charge in [-0.15, -0.1) is 0 Å². The van der Waals surface area contributed by atoms with Crippen LogP contribution in [0.2, 0.25) is 0 Å². The van der Waals surface area contributed by atoms with Gasteiger partial charge in [-0.05, 0) is 29.5 Å². The highest BCUT2D eigenvalue weighted by Gasteiger charge is 2.31. The molecule has 1 atom stereocenters. The number of hydrogen-bond acceptors (Lipinski definition) is 3. The lowest BCUT2D eigenvalue weighted by Crippen LogP contribution is -2.42. The molecule has 0 saturated carbocycles. The average molecular weight is 320 g/mol. The Kier molecular flexibility index (Phi) is 4.03. The molecule has 2 aromatic rings. The molecule has 2 aliphatic rings. The van der Waals surface area contributed by atoms with Gasteiger partial charge in [0.25, 0.3) is 5.91 Å². The highest BCUT2D eigenvalue weighted by Crippen LogP contribution is 2.22. The summed E-state index contributed by atoms with van der Waals surface area (Å²) in [4.78, 5) is 17.8. The van der Waals surface area contributed by atoms with E-state index < -0.39 is 6.10 Å². The summed E-state index contributed by atoms with van der Waals surface area (Å²) >= 11 is 0. The Hall–Kier alpha value is -2.62. The first-order chi connectivity index (χ1) is 11.8. The summed E-state index contributed by atoms with van der Waals surface area (Å²) in [5, 5.41) is 7.22. The van der Waals surface area contributed by atoms with Crippen LogP contribution in [0.4, 0.5) is 0 Å². The normalized spacial score (nSPS) is 19.5. The second-order valence-corrected chi connectivity index (χ2v) is 6.50. The lowest BCUT2D eigenvalue weighted by Gasteiger charge is -2.14. The van der Waals surface area contributed by atoms with E-state index in [-0.39, 0.29) is 11.9 Å². The van der Waals surface area contributed by atoms with E-state index in [1.165, 1.54) is 16.7 Å². The maximum absolute atomic E-state index is 12.4. The van der Waals surface area contributed by atoms with Crippen molar-refractivity contribution in [3.8, 4) is 0 Å². The van der Waals surface area contributed by atoms with Gasteiger partial charge in [-0.3, -0.25) is 4.79 Å². The molecule has 0 fully saturated rings. The molecule has 4 heteroatoms. The maximum Gasteiger partial charge on any atom is 0.264 e. The third kappa shape index (κ3) is 3.18. The molecule has 0 spiro atoms. The first-order valence-corrected chi connectivity index (χ1v) is 8.40. The van der Waals surface area contributed by atoms with E-state index in [0.29, 0.717) is 6.42 Å². The molecule has 1 heterocycles. The molecule has 1 unspecified atom stereocenters. The molecular formula is C20H20N2O2. The van der Waals surface area contributed by atoms with Gasteiger partial charge in [0.1, 0.15) is 0 Å². The van der Waals surface area contributed by atoms with Gasteiger partial charge in [0, 0.05) is 18.9 Å². The largest absolute Gasteiger partial charge is 0.382 e. The van der Waals surface area contributed by atoms with E-state index in [1.54, 1.807) is 0 Å². The van der Waals surface area contributed by atoms with Gasteiger partial charge in [-0.25, -0.2) is 0 Å². The number of amides is 1. The predicted octanol–water partition coefficient (Wildman–Crippen LogP) is 2.66. The molecule has 1 aliphatic carbocycles. The molecule has 1 amide bonds. The van der Waals surface area contributed by atoms with Gasteiger partial charge in [0.2, 0.25) is 6.10 Å². The van der Waals surface area contributed by atoms with Crippen LogP contribution in [-0.4, -0.2) is 23.8 Å². The van der Waals surface area contributed by atoms with Crippen molar-refractivity contribution in [2.45, 2.75) is 37.8 Å². The molecule has 0 bridgehead atoms. The van der Waals surface area contributed by atoms with Crippen LogP contribution < -0.4 is 5.32 Å². The SMILES string of the molecule is O=C(NC1Cc2ccccc2C1)C1CC(Cc2ccccc2)=NO1. The Morgan fingerprint density at radius 1 is 1.00 bits per heavy atom. The summed E-state index contributed by atoms with van der Waals surface area (Å²) in [7, 11) is 0. The highest BCUT2D eigenvalue weighted by atomic mass is 16.6. The van der Waals surface area contributed by atoms with Crippen LogP contribution in [0.1, 0.15) is 23.1 Å². The predicted molar refractivity (Wildman–Crippen MR) is 92.9 cm³/mol. The van der Waals surface area contributed by atoms with E-state index in [4.69, 9.17) is 4.84 Å². The fraction of sp³-hybridized carbons (Fsp3) is 0.300. The smallest absolute Gasteiger partial charge is 0.264 e. The summed E-state index contributed by atoms with van der Waals surface area (Å²) in [6, 6.07) is 18.7. The minimum Gasteiger partial charge on any atom is -0.382 e. The summed E-state index contributed by atoms with van der Waals surface area (Å²) in [5.74, 6) is -0.0559. The van der Waals surface area contributed by atoms with E-state index in [2.05, 4.69) is 34.7 Å². The van der Waals surface area contributed by atoms with Gasteiger partial charge < -0.3 is 10.2 Å². The Labute approximate surface area is 141 Å². The van der Waals surface area contributed by atoms with Gasteiger partial charge in [0.15, 0.2) is 0 Å². The molecule has 0 saturated heterocycles. The maximum atomic E-state index is 12.4. The third-order valence-electron chi connectivity index (χ3n) is 4.67. The number of rotatable bonds is 4. The highest BCUT2D eigenvalue weighted by molar-refractivity contribution is 5.94. The van der Waals surface area contributed by atoms with E-state index in [9.17, 15) is 4.79 Å². The van der Waals surface area contributed by atoms with Crippen LogP contribution in [0, 0.1) is 0 Å². The lowest BCUT2D eigenvalue weighted by atomic mass is 10.0. The van der Waals surface area contributed by atoms with Crippen molar-refractivity contribution in [2.75, 3.05) is 0 Å². The Morgan fingerprint density at radius 3 is 2.38 bits per heavy atom. The Morgan fingerprint density at radius 2 is 1.67 bits per heavy atom. The van der Waals surface area contributed by atoms with Crippen LogP contribution in [0.15, 0.2) is 59.8 Å². The quantitative estimate of drug-likeness (QED) is 0.941. The Balaban J connectivity index is 1.30. The minimum absolute atomic E-state index is 0.0559. The van der Waals surface area contributed by atoms with Crippen molar-refractivity contribution in [2.24, 2.45) is 5.16 Å². The summed E-state index contributed by atoms with van der Waals surface area (Å²) in [6.07, 6.45) is 2.60. The minimum atomic E-state index is -0.493. The molecule has 0 aromatic heterocycles. The topological polar surface area (TPSA) is 50.7 Å². The molecular weight excluding hydrogens is 300 g/mol. The van der Waals surface area contributed by atoms with E-state index >= 15 is 0 Å². The van der Waals surface area contributed by atoms with Crippen LogP contribution in [0.3, 0.4) is 0 Å². The van der Waals surface area contributed by atoms with Crippen molar-refractivity contribution < 1.29 is 9.63 Å². The lowest BCUT2D eigenvalue weighted by molar-refractivity contribution is -0.131. The number of oxime groups is 1. The summed E-state index contributed by atoms with van der Waals surface area (Å²) < 4.78 is 0. The fourth-order valence-corrected chi connectivity index (χ4v) is 3.46. The molecule has 4 nitrogen and oxygen atoms in total. The van der Waals surface area contributed by atoms with Crippen molar-refractivity contribution in [3.63, 3.8) is 0 Å². The number of carbonyl (C=O) groups is 1. The van der Waals surface area contributed by atoms with Crippen LogP contribution >= 0.6 is 0 Å². The van der Waals surface area contributed by atoms with Gasteiger partial charge >= 0.3 is 0 Å². The first-order valence-electron chi connectivity index (χ1n) is 8.40. The number of hydrogen-bond donors (Lipinski definition) is 1. The molecule has 122 valence electrons. The number of nitrogens with one attached hydrogen (secondary N) is 1. The second-order valence-electron chi connectivity index (χ2n) is 6.50. The van der Waals surface area contributed by atoms with E-state index in [1.807, 2.05) is 30.3 Å². The number of fused-ring (bicyclic) bond motifs is 1. The van der Waals surface area contributed by atoms with Gasteiger partial charge in [0.05, 0.1) is 5.71 Å². The molecule has 1 aliphatic heterocycles. The van der Waals surface area contributed by atoms with Crippen molar-refractivity contribution >= 4 is 11.6 Å². The summed E-state index contributed by atoms with van der Waals surface area (Å²) in [6.45, 7) is 0. The van der Waals surface area contributed by atoms with Crippen LogP contribution in [0.25, 0.3) is 0 Å². The Bertz CT molecular complexity index is 745. The number of nitrogens with zero attached hydrogens (tertiary/aromatic N) is 1. The zero-order valence-corrected chi connectivity index (χ0v) is 13.4. The van der Waals surface area contributed by atoms with Crippen molar-refractivity contribution in [1.29, 1.82) is 0 Å². The molecule has 0 radical (unpaired) electrons. The van der Waals surface area contributed by atoms with Gasteiger partial charge in [-0.2, -0.15) is 0 Å². The van der Waals surface area contributed by atoms with Crippen LogP contribution in [-0.2, 0) is 28.9 Å². The van der Waals surface area contributed by atoms with E-state index in [0.717, 1.165) is 25.0 Å². The molecule has 2 aromatic carbocycles.